The van der Waals surface area contributed by atoms with Gasteiger partial charge in [0.1, 0.15) is 0 Å². The van der Waals surface area contributed by atoms with Crippen molar-refractivity contribution in [2.75, 3.05) is 11.9 Å². The highest BCUT2D eigenvalue weighted by atomic mass is 19.4. The number of anilines is 1. The van der Waals surface area contributed by atoms with Gasteiger partial charge in [-0.1, -0.05) is 18.2 Å². The van der Waals surface area contributed by atoms with E-state index >= 15 is 0 Å². The Morgan fingerprint density at radius 3 is 2.67 bits per heavy atom. The van der Waals surface area contributed by atoms with Gasteiger partial charge in [-0.2, -0.15) is 13.2 Å². The fourth-order valence-electron chi connectivity index (χ4n) is 2.60. The fourth-order valence-corrected chi connectivity index (χ4v) is 2.60. The van der Waals surface area contributed by atoms with Crippen molar-refractivity contribution in [2.45, 2.75) is 37.4 Å². The van der Waals surface area contributed by atoms with E-state index in [0.717, 1.165) is 11.3 Å². The third-order valence-corrected chi connectivity index (χ3v) is 3.32. The van der Waals surface area contributed by atoms with Gasteiger partial charge in [-0.15, -0.1) is 0 Å². The molecule has 2 atom stereocenters. The molecule has 18 heavy (non-hydrogen) atoms. The molecule has 0 bridgehead atoms. The number of para-hydroxylation sites is 1. The quantitative estimate of drug-likeness (QED) is 0.873. The van der Waals surface area contributed by atoms with Gasteiger partial charge in [0, 0.05) is 11.7 Å². The molecule has 1 aliphatic heterocycles. The topological polar surface area (TPSA) is 38.0 Å². The molecule has 0 saturated carbocycles. The maximum absolute atomic E-state index is 12.6. The lowest BCUT2D eigenvalue weighted by Gasteiger charge is -2.33. The maximum Gasteiger partial charge on any atom is 0.389 e. The van der Waals surface area contributed by atoms with E-state index in [-0.39, 0.29) is 6.04 Å². The van der Waals surface area contributed by atoms with Gasteiger partial charge >= 0.3 is 6.18 Å². The summed E-state index contributed by atoms with van der Waals surface area (Å²) in [6, 6.07) is 7.27. The Morgan fingerprint density at radius 1 is 1.28 bits per heavy atom. The molecule has 100 valence electrons. The Balaban J connectivity index is 2.22. The number of benzene rings is 1. The standard InChI is InChI=1S/C13H17F3N2/c14-13(15,16)8-9-7-10(5-6-17)18-12-4-2-1-3-11(9)12/h1-4,9-10,18H,5-8,17H2. The van der Waals surface area contributed by atoms with Crippen molar-refractivity contribution in [1.29, 1.82) is 0 Å². The first-order valence-electron chi connectivity index (χ1n) is 6.12. The highest BCUT2D eigenvalue weighted by Gasteiger charge is 2.36. The Labute approximate surface area is 104 Å². The first kappa shape index (κ1) is 13.2. The second-order valence-electron chi connectivity index (χ2n) is 4.76. The Hall–Kier alpha value is -1.23. The molecule has 3 N–H and O–H groups in total. The second kappa shape index (κ2) is 5.18. The van der Waals surface area contributed by atoms with Crippen LogP contribution in [0, 0.1) is 0 Å². The number of rotatable bonds is 3. The van der Waals surface area contributed by atoms with E-state index in [0.29, 0.717) is 19.4 Å². The summed E-state index contributed by atoms with van der Waals surface area (Å²) in [4.78, 5) is 0. The molecule has 2 rings (SSSR count). The Morgan fingerprint density at radius 2 is 2.00 bits per heavy atom. The van der Waals surface area contributed by atoms with Crippen LogP contribution in [0.15, 0.2) is 24.3 Å². The molecule has 0 saturated heterocycles. The number of nitrogens with one attached hydrogen (secondary N) is 1. The highest BCUT2D eigenvalue weighted by Crippen LogP contribution is 2.41. The molecule has 0 fully saturated rings. The van der Waals surface area contributed by atoms with Gasteiger partial charge in [0.2, 0.25) is 0 Å². The minimum atomic E-state index is -4.12. The maximum atomic E-state index is 12.6. The molecule has 0 aromatic heterocycles. The first-order chi connectivity index (χ1) is 8.49. The number of halogens is 3. The summed E-state index contributed by atoms with van der Waals surface area (Å²) >= 11 is 0. The van der Waals surface area contributed by atoms with Crippen LogP contribution in [-0.4, -0.2) is 18.8 Å². The predicted molar refractivity (Wildman–Crippen MR) is 65.6 cm³/mol. The minimum absolute atomic E-state index is 0.0391. The van der Waals surface area contributed by atoms with Crippen molar-refractivity contribution < 1.29 is 13.2 Å². The van der Waals surface area contributed by atoms with Crippen molar-refractivity contribution in [3.8, 4) is 0 Å². The molecule has 1 aromatic carbocycles. The van der Waals surface area contributed by atoms with Crippen LogP contribution in [0.5, 0.6) is 0 Å². The average Bonchev–Trinajstić information content (AvgIpc) is 2.27. The van der Waals surface area contributed by atoms with E-state index < -0.39 is 18.5 Å². The number of alkyl halides is 3. The van der Waals surface area contributed by atoms with Crippen LogP contribution in [0.4, 0.5) is 18.9 Å². The molecule has 2 nitrogen and oxygen atoms in total. The van der Waals surface area contributed by atoms with Gasteiger partial charge in [0.25, 0.3) is 0 Å². The summed E-state index contributed by atoms with van der Waals surface area (Å²) < 4.78 is 37.8. The largest absolute Gasteiger partial charge is 0.389 e. The molecule has 0 spiro atoms. The summed E-state index contributed by atoms with van der Waals surface area (Å²) in [5.74, 6) is -0.459. The summed E-state index contributed by atoms with van der Waals surface area (Å²) in [7, 11) is 0. The highest BCUT2D eigenvalue weighted by molar-refractivity contribution is 5.55. The monoisotopic (exact) mass is 258 g/mol. The summed E-state index contributed by atoms with van der Waals surface area (Å²) in [6.45, 7) is 0.485. The molecule has 5 heteroatoms. The second-order valence-corrected chi connectivity index (χ2v) is 4.76. The average molecular weight is 258 g/mol. The molecule has 1 aromatic rings. The van der Waals surface area contributed by atoms with Crippen LogP contribution in [0.3, 0.4) is 0 Å². The van der Waals surface area contributed by atoms with E-state index in [2.05, 4.69) is 5.32 Å². The number of fused-ring (bicyclic) bond motifs is 1. The van der Waals surface area contributed by atoms with Crippen molar-refractivity contribution in [3.63, 3.8) is 0 Å². The summed E-state index contributed by atoms with van der Waals surface area (Å²) in [5.41, 5.74) is 7.07. The smallest absolute Gasteiger partial charge is 0.382 e. The van der Waals surface area contributed by atoms with E-state index in [1.54, 1.807) is 12.1 Å². The van der Waals surface area contributed by atoms with E-state index in [9.17, 15) is 13.2 Å². The molecule has 2 unspecified atom stereocenters. The Kier molecular flexibility index (Phi) is 3.80. The lowest BCUT2D eigenvalue weighted by molar-refractivity contribution is -0.139. The van der Waals surface area contributed by atoms with Crippen molar-refractivity contribution in [2.24, 2.45) is 5.73 Å². The van der Waals surface area contributed by atoms with Crippen LogP contribution in [0.25, 0.3) is 0 Å². The lowest BCUT2D eigenvalue weighted by atomic mass is 9.83. The lowest BCUT2D eigenvalue weighted by Crippen LogP contribution is -2.31. The van der Waals surface area contributed by atoms with E-state index in [4.69, 9.17) is 5.73 Å². The van der Waals surface area contributed by atoms with Crippen LogP contribution in [-0.2, 0) is 0 Å². The van der Waals surface area contributed by atoms with E-state index in [1.165, 1.54) is 0 Å². The first-order valence-corrected chi connectivity index (χ1v) is 6.12. The zero-order valence-electron chi connectivity index (χ0n) is 10.0. The van der Waals surface area contributed by atoms with Crippen LogP contribution < -0.4 is 11.1 Å². The summed E-state index contributed by atoms with van der Waals surface area (Å²) in [5, 5.41) is 3.27. The number of nitrogens with two attached hydrogens (primary N) is 1. The molecule has 1 aliphatic rings. The zero-order valence-corrected chi connectivity index (χ0v) is 10.0. The van der Waals surface area contributed by atoms with Crippen LogP contribution >= 0.6 is 0 Å². The van der Waals surface area contributed by atoms with Crippen LogP contribution in [0.1, 0.15) is 30.7 Å². The van der Waals surface area contributed by atoms with Gasteiger partial charge in [-0.25, -0.2) is 0 Å². The molecule has 0 amide bonds. The molecular weight excluding hydrogens is 241 g/mol. The van der Waals surface area contributed by atoms with Crippen molar-refractivity contribution in [3.05, 3.63) is 29.8 Å². The number of hydrogen-bond donors (Lipinski definition) is 2. The van der Waals surface area contributed by atoms with Gasteiger partial charge < -0.3 is 11.1 Å². The normalized spacial score (nSPS) is 23.3. The minimum Gasteiger partial charge on any atom is -0.382 e. The molecule has 0 radical (unpaired) electrons. The molecule has 0 aliphatic carbocycles. The summed E-state index contributed by atoms with van der Waals surface area (Å²) in [6.07, 6.45) is -3.69. The van der Waals surface area contributed by atoms with Gasteiger partial charge in [0.15, 0.2) is 0 Å². The fraction of sp³-hybridized carbons (Fsp3) is 0.538. The van der Waals surface area contributed by atoms with Gasteiger partial charge in [0.05, 0.1) is 6.42 Å². The Bertz CT molecular complexity index is 403. The van der Waals surface area contributed by atoms with Gasteiger partial charge in [-0.3, -0.25) is 0 Å². The predicted octanol–water partition coefficient (Wildman–Crippen LogP) is 3.26. The van der Waals surface area contributed by atoms with Crippen molar-refractivity contribution in [1.82, 2.24) is 0 Å². The third-order valence-electron chi connectivity index (χ3n) is 3.32. The van der Waals surface area contributed by atoms with Crippen LogP contribution in [0.2, 0.25) is 0 Å². The number of hydrogen-bond acceptors (Lipinski definition) is 2. The SMILES string of the molecule is NCCC1CC(CC(F)(F)F)c2ccccc2N1. The van der Waals surface area contributed by atoms with Crippen molar-refractivity contribution >= 4 is 5.69 Å². The third kappa shape index (κ3) is 3.16. The van der Waals surface area contributed by atoms with E-state index in [1.807, 2.05) is 12.1 Å². The molecular formula is C13H17F3N2. The zero-order chi connectivity index (χ0) is 13.2. The van der Waals surface area contributed by atoms with Gasteiger partial charge in [-0.05, 0) is 36.9 Å². The molecule has 1 heterocycles.